The number of hydrogen-bond donors (Lipinski definition) is 3. The molecule has 4 rings (SSSR count). The highest BCUT2D eigenvalue weighted by molar-refractivity contribution is 7.89. The molecular formula is C26H27N5O6S. The van der Waals surface area contributed by atoms with E-state index in [-0.39, 0.29) is 16.0 Å². The van der Waals surface area contributed by atoms with Crippen LogP contribution in [0.15, 0.2) is 66.0 Å². The molecule has 0 radical (unpaired) electrons. The van der Waals surface area contributed by atoms with E-state index in [4.69, 9.17) is 9.88 Å². The Morgan fingerprint density at radius 2 is 1.89 bits per heavy atom. The van der Waals surface area contributed by atoms with Crippen molar-refractivity contribution in [2.75, 3.05) is 12.4 Å². The molecule has 0 aliphatic carbocycles. The average molecular weight is 538 g/mol. The van der Waals surface area contributed by atoms with Gasteiger partial charge in [-0.15, -0.1) is 0 Å². The molecule has 2 aromatic carbocycles. The highest BCUT2D eigenvalue weighted by Gasteiger charge is 2.18. The molecule has 0 saturated carbocycles. The molecule has 0 saturated heterocycles. The van der Waals surface area contributed by atoms with Crippen molar-refractivity contribution in [3.63, 3.8) is 0 Å². The molecule has 1 amide bonds. The number of carbonyl (C=O) groups excluding carboxylic acids is 2. The number of fused-ring (bicyclic) bond motifs is 1. The Balaban J connectivity index is 1.79. The van der Waals surface area contributed by atoms with Gasteiger partial charge in [-0.3, -0.25) is 14.5 Å². The maximum atomic E-state index is 13.2. The quantitative estimate of drug-likeness (QED) is 0.288. The van der Waals surface area contributed by atoms with Crippen molar-refractivity contribution in [2.45, 2.75) is 37.3 Å². The third-order valence-electron chi connectivity index (χ3n) is 5.79. The number of aryl methyl sites for hydroxylation is 1. The minimum Gasteiger partial charge on any atom is -0.465 e. The Labute approximate surface area is 219 Å². The number of aromatic nitrogens is 3. The van der Waals surface area contributed by atoms with Crippen LogP contribution in [0.1, 0.15) is 41.0 Å². The summed E-state index contributed by atoms with van der Waals surface area (Å²) in [6, 6.07) is 10.5. The molecule has 0 aliphatic heterocycles. The van der Waals surface area contributed by atoms with Gasteiger partial charge in [-0.05, 0) is 56.7 Å². The molecule has 198 valence electrons. The number of methoxy groups -OCH3 is 1. The Kier molecular flexibility index (Phi) is 7.31. The third-order valence-corrected chi connectivity index (χ3v) is 6.70. The number of hydrogen-bond acceptors (Lipinski definition) is 8. The van der Waals surface area contributed by atoms with E-state index in [0.717, 1.165) is 5.39 Å². The van der Waals surface area contributed by atoms with E-state index in [2.05, 4.69) is 15.4 Å². The van der Waals surface area contributed by atoms with Crippen LogP contribution >= 0.6 is 0 Å². The van der Waals surface area contributed by atoms with Crippen molar-refractivity contribution in [1.29, 1.82) is 0 Å². The molecular weight excluding hydrogens is 510 g/mol. The van der Waals surface area contributed by atoms with Gasteiger partial charge < -0.3 is 15.2 Å². The summed E-state index contributed by atoms with van der Waals surface area (Å²) in [5.74, 6) is -1.13. The van der Waals surface area contributed by atoms with Crippen LogP contribution in [0.5, 0.6) is 0 Å². The van der Waals surface area contributed by atoms with Crippen molar-refractivity contribution >= 4 is 38.5 Å². The summed E-state index contributed by atoms with van der Waals surface area (Å²) in [6.07, 6.45) is 5.18. The Morgan fingerprint density at radius 1 is 1.13 bits per heavy atom. The molecule has 4 aromatic rings. The molecule has 2 aromatic heterocycles. The van der Waals surface area contributed by atoms with E-state index in [1.165, 1.54) is 43.8 Å². The number of carbonyl (C=O) groups is 2. The number of esters is 1. The van der Waals surface area contributed by atoms with Gasteiger partial charge in [0.2, 0.25) is 10.0 Å². The third kappa shape index (κ3) is 6.22. The Hall–Kier alpha value is -4.13. The normalized spacial score (nSPS) is 11.9. The Bertz CT molecular complexity index is 1640. The maximum absolute atomic E-state index is 13.2. The molecule has 2 heterocycles. The van der Waals surface area contributed by atoms with Gasteiger partial charge in [-0.25, -0.2) is 18.4 Å². The van der Waals surface area contributed by atoms with Crippen molar-refractivity contribution < 1.29 is 27.9 Å². The van der Waals surface area contributed by atoms with Crippen LogP contribution in [0.3, 0.4) is 0 Å². The second-order valence-electron chi connectivity index (χ2n) is 9.39. The molecule has 0 aliphatic rings. The fourth-order valence-corrected chi connectivity index (χ4v) is 4.35. The second kappa shape index (κ2) is 10.3. The number of nitrogens with one attached hydrogen (secondary N) is 1. The first-order valence-corrected chi connectivity index (χ1v) is 13.1. The summed E-state index contributed by atoms with van der Waals surface area (Å²) in [6.45, 7) is 3.90. The van der Waals surface area contributed by atoms with Crippen LogP contribution in [-0.2, 0) is 21.3 Å². The number of benzene rings is 2. The molecule has 0 unspecified atom stereocenters. The standard InChI is InChI=1S/C26H27N5O6S/c1-26(2,34)7-8-31-15-19-11-23(29-24(32)16-5-4-6-20(10-16)38(27,35)36)21(12-22(19)30-31)17-9-18(14-28-13-17)25(33)37-3/h4-6,9-15,34H,7-8H2,1-3H3,(H,29,32)(H2,27,35,36). The lowest BCUT2D eigenvalue weighted by molar-refractivity contribution is 0.0599. The van der Waals surface area contributed by atoms with Crippen molar-refractivity contribution in [2.24, 2.45) is 5.14 Å². The zero-order valence-corrected chi connectivity index (χ0v) is 21.8. The largest absolute Gasteiger partial charge is 0.465 e. The van der Waals surface area contributed by atoms with Crippen LogP contribution in [0, 0.1) is 0 Å². The van der Waals surface area contributed by atoms with Gasteiger partial charge in [0.05, 0.1) is 28.7 Å². The highest BCUT2D eigenvalue weighted by Crippen LogP contribution is 2.33. The highest BCUT2D eigenvalue weighted by atomic mass is 32.2. The van der Waals surface area contributed by atoms with Gasteiger partial charge in [0.25, 0.3) is 5.91 Å². The topological polar surface area (TPSA) is 166 Å². The van der Waals surface area contributed by atoms with Crippen LogP contribution < -0.4 is 10.5 Å². The van der Waals surface area contributed by atoms with Gasteiger partial charge in [0, 0.05) is 52.9 Å². The lowest BCUT2D eigenvalue weighted by Crippen LogP contribution is -2.21. The summed E-state index contributed by atoms with van der Waals surface area (Å²) < 4.78 is 30.0. The number of nitrogens with zero attached hydrogens (tertiary/aromatic N) is 3. The molecule has 0 atom stereocenters. The summed E-state index contributed by atoms with van der Waals surface area (Å²) in [4.78, 5) is 29.2. The van der Waals surface area contributed by atoms with Gasteiger partial charge in [0.15, 0.2) is 0 Å². The lowest BCUT2D eigenvalue weighted by atomic mass is 10.0. The molecule has 12 heteroatoms. The Morgan fingerprint density at radius 3 is 2.58 bits per heavy atom. The number of ether oxygens (including phenoxy) is 1. The first-order chi connectivity index (χ1) is 17.8. The number of primary sulfonamides is 1. The van der Waals surface area contributed by atoms with E-state index < -0.39 is 27.5 Å². The van der Waals surface area contributed by atoms with Crippen molar-refractivity contribution in [3.05, 3.63) is 72.2 Å². The minimum atomic E-state index is -4.00. The monoisotopic (exact) mass is 537 g/mol. The summed E-state index contributed by atoms with van der Waals surface area (Å²) >= 11 is 0. The van der Waals surface area contributed by atoms with Crippen molar-refractivity contribution in [1.82, 2.24) is 14.8 Å². The van der Waals surface area contributed by atoms with Crippen LogP contribution in [-0.4, -0.2) is 52.9 Å². The molecule has 11 nitrogen and oxygen atoms in total. The van der Waals surface area contributed by atoms with E-state index >= 15 is 0 Å². The zero-order chi connectivity index (χ0) is 27.7. The number of pyridine rings is 1. The lowest BCUT2D eigenvalue weighted by Gasteiger charge is -2.16. The molecule has 0 fully saturated rings. The van der Waals surface area contributed by atoms with Crippen LogP contribution in [0.2, 0.25) is 0 Å². The van der Waals surface area contributed by atoms with Gasteiger partial charge >= 0.3 is 5.97 Å². The first-order valence-electron chi connectivity index (χ1n) is 11.6. The minimum absolute atomic E-state index is 0.0879. The fraction of sp³-hybridized carbons (Fsp3) is 0.231. The number of aliphatic hydroxyl groups is 1. The first kappa shape index (κ1) is 26.9. The predicted molar refractivity (Wildman–Crippen MR) is 141 cm³/mol. The summed E-state index contributed by atoms with van der Waals surface area (Å²) in [5, 5.41) is 23.4. The van der Waals surface area contributed by atoms with Crippen LogP contribution in [0.25, 0.3) is 22.0 Å². The average Bonchev–Trinajstić information content (AvgIpc) is 3.27. The summed E-state index contributed by atoms with van der Waals surface area (Å²) in [7, 11) is -2.73. The molecule has 0 bridgehead atoms. The number of amides is 1. The number of anilines is 1. The van der Waals surface area contributed by atoms with Gasteiger partial charge in [0.1, 0.15) is 0 Å². The van der Waals surface area contributed by atoms with E-state index in [0.29, 0.717) is 35.3 Å². The van der Waals surface area contributed by atoms with Gasteiger partial charge in [-0.1, -0.05) is 6.07 Å². The second-order valence-corrected chi connectivity index (χ2v) is 11.0. The maximum Gasteiger partial charge on any atom is 0.339 e. The van der Waals surface area contributed by atoms with Gasteiger partial charge in [-0.2, -0.15) is 5.10 Å². The van der Waals surface area contributed by atoms with E-state index in [9.17, 15) is 23.1 Å². The van der Waals surface area contributed by atoms with E-state index in [1.54, 1.807) is 42.9 Å². The number of sulfonamides is 1. The molecule has 4 N–H and O–H groups in total. The molecule has 0 spiro atoms. The number of rotatable bonds is 8. The summed E-state index contributed by atoms with van der Waals surface area (Å²) in [5.41, 5.74) is 1.49. The smallest absolute Gasteiger partial charge is 0.339 e. The van der Waals surface area contributed by atoms with E-state index in [1.807, 2.05) is 0 Å². The van der Waals surface area contributed by atoms with Crippen molar-refractivity contribution in [3.8, 4) is 11.1 Å². The zero-order valence-electron chi connectivity index (χ0n) is 21.0. The predicted octanol–water partition coefficient (Wildman–Crippen LogP) is 2.95. The molecule has 38 heavy (non-hydrogen) atoms. The number of nitrogens with two attached hydrogens (primary N) is 1. The SMILES string of the molecule is COC(=O)c1cncc(-c2cc3nn(CCC(C)(C)O)cc3cc2NC(=O)c2cccc(S(N)(=O)=O)c2)c1. The van der Waals surface area contributed by atoms with Crippen LogP contribution in [0.4, 0.5) is 5.69 Å². The fourth-order valence-electron chi connectivity index (χ4n) is 3.79.